The van der Waals surface area contributed by atoms with Gasteiger partial charge in [0.2, 0.25) is 15.9 Å². The highest BCUT2D eigenvalue weighted by Gasteiger charge is 2.34. The zero-order chi connectivity index (χ0) is 22.9. The monoisotopic (exact) mass is 483 g/mol. The minimum atomic E-state index is -3.74. The quantitative estimate of drug-likeness (QED) is 0.660. The molecule has 1 saturated heterocycles. The maximum atomic E-state index is 13.0. The maximum absolute atomic E-state index is 13.0. The first-order valence-electron chi connectivity index (χ1n) is 11.5. The molecular weight excluding hydrogens is 450 g/mol. The van der Waals surface area contributed by atoms with Crippen LogP contribution in [0.25, 0.3) is 0 Å². The van der Waals surface area contributed by atoms with Crippen LogP contribution in [0.5, 0.6) is 0 Å². The highest BCUT2D eigenvalue weighted by molar-refractivity contribution is 7.90. The van der Waals surface area contributed by atoms with Crippen molar-refractivity contribution in [2.75, 3.05) is 32.4 Å². The van der Waals surface area contributed by atoms with Crippen LogP contribution in [0.15, 0.2) is 34.1 Å². The molecule has 0 spiro atoms. The summed E-state index contributed by atoms with van der Waals surface area (Å²) in [6.07, 6.45) is 7.60. The fraction of sp³-hybridized carbons (Fsp3) is 0.682. The average molecular weight is 484 g/mol. The summed E-state index contributed by atoms with van der Waals surface area (Å²) in [5, 5.41) is 0. The molecule has 1 aliphatic heterocycles. The molecule has 8 nitrogen and oxygen atoms in total. The molecule has 178 valence electrons. The smallest absolute Gasteiger partial charge is 0.240 e. The third kappa shape index (κ3) is 5.35. The number of sulfone groups is 1. The van der Waals surface area contributed by atoms with E-state index in [0.29, 0.717) is 25.7 Å². The van der Waals surface area contributed by atoms with Gasteiger partial charge in [-0.3, -0.25) is 9.69 Å². The van der Waals surface area contributed by atoms with Crippen LogP contribution < -0.4 is 4.72 Å². The topological polar surface area (TPSA) is 104 Å². The van der Waals surface area contributed by atoms with Crippen LogP contribution >= 0.6 is 0 Å². The van der Waals surface area contributed by atoms with Gasteiger partial charge >= 0.3 is 0 Å². The molecule has 0 atom stereocenters. The Morgan fingerprint density at radius 1 is 0.844 bits per heavy atom. The number of sulfonamides is 1. The van der Waals surface area contributed by atoms with Crippen LogP contribution in [-0.2, 0) is 24.7 Å². The summed E-state index contributed by atoms with van der Waals surface area (Å²) in [6, 6.07) is 5.76. The number of piperazine rings is 1. The van der Waals surface area contributed by atoms with E-state index in [1.54, 1.807) is 0 Å². The lowest BCUT2D eigenvalue weighted by Gasteiger charge is -2.44. The highest BCUT2D eigenvalue weighted by Crippen LogP contribution is 2.29. The summed E-state index contributed by atoms with van der Waals surface area (Å²) in [5.74, 6) is 0.191. The molecule has 0 unspecified atom stereocenters. The third-order valence-electron chi connectivity index (χ3n) is 7.18. The van der Waals surface area contributed by atoms with E-state index in [1.165, 1.54) is 43.5 Å². The van der Waals surface area contributed by atoms with Gasteiger partial charge in [-0.2, -0.15) is 0 Å². The van der Waals surface area contributed by atoms with E-state index in [4.69, 9.17) is 0 Å². The van der Waals surface area contributed by atoms with Gasteiger partial charge in [-0.05, 0) is 62.8 Å². The lowest BCUT2D eigenvalue weighted by Crippen LogP contribution is -2.54. The van der Waals surface area contributed by atoms with Crippen LogP contribution in [0, 0.1) is 5.92 Å². The fourth-order valence-corrected chi connectivity index (χ4v) is 6.86. The second-order valence-corrected chi connectivity index (χ2v) is 13.1. The van der Waals surface area contributed by atoms with Gasteiger partial charge in [0.1, 0.15) is 0 Å². The van der Waals surface area contributed by atoms with E-state index < -0.39 is 19.9 Å². The number of hydrogen-bond donors (Lipinski definition) is 1. The number of carbonyl (C=O) groups is 1. The van der Waals surface area contributed by atoms with E-state index in [2.05, 4.69) is 9.62 Å². The lowest BCUT2D eigenvalue weighted by molar-refractivity contribution is -0.139. The van der Waals surface area contributed by atoms with Gasteiger partial charge in [-0.25, -0.2) is 21.6 Å². The molecule has 10 heteroatoms. The summed E-state index contributed by atoms with van der Waals surface area (Å²) >= 11 is 0. The second kappa shape index (κ2) is 9.40. The molecule has 2 aliphatic carbocycles. The molecule has 1 amide bonds. The summed E-state index contributed by atoms with van der Waals surface area (Å²) in [4.78, 5) is 17.6. The number of hydrogen-bond acceptors (Lipinski definition) is 6. The van der Waals surface area contributed by atoms with Crippen molar-refractivity contribution in [1.82, 2.24) is 14.5 Å². The van der Waals surface area contributed by atoms with Crippen molar-refractivity contribution in [1.29, 1.82) is 0 Å². The Labute approximate surface area is 191 Å². The Morgan fingerprint density at radius 2 is 1.41 bits per heavy atom. The Bertz CT molecular complexity index is 1020. The van der Waals surface area contributed by atoms with E-state index in [9.17, 15) is 21.6 Å². The molecule has 3 fully saturated rings. The van der Waals surface area contributed by atoms with Crippen LogP contribution in [0.4, 0.5) is 0 Å². The van der Waals surface area contributed by atoms with Crippen molar-refractivity contribution in [3.05, 3.63) is 24.3 Å². The van der Waals surface area contributed by atoms with Crippen LogP contribution in [0.3, 0.4) is 0 Å². The van der Waals surface area contributed by atoms with Gasteiger partial charge in [-0.1, -0.05) is 6.42 Å². The SMILES string of the molecule is CS(=O)(=O)c1ccc(S(=O)(=O)NC2CCC(C(=O)N3CCN(C4CCC4)CC3)CC2)cc1. The fourth-order valence-electron chi connectivity index (χ4n) is 4.93. The summed E-state index contributed by atoms with van der Waals surface area (Å²) < 4.78 is 51.3. The molecule has 2 saturated carbocycles. The Balaban J connectivity index is 1.26. The molecule has 1 N–H and O–H groups in total. The van der Waals surface area contributed by atoms with Crippen molar-refractivity contribution >= 4 is 25.8 Å². The lowest BCUT2D eigenvalue weighted by atomic mass is 9.85. The van der Waals surface area contributed by atoms with Crippen molar-refractivity contribution in [3.63, 3.8) is 0 Å². The number of amides is 1. The number of rotatable bonds is 6. The molecule has 32 heavy (non-hydrogen) atoms. The molecule has 4 rings (SSSR count). The third-order valence-corrected chi connectivity index (χ3v) is 9.84. The Morgan fingerprint density at radius 3 is 1.91 bits per heavy atom. The first kappa shape index (κ1) is 23.7. The standard InChI is InChI=1S/C22H33N3O5S2/c1-31(27,28)20-9-11-21(12-10-20)32(29,30)23-18-7-5-17(6-8-18)22(26)25-15-13-24(14-16-25)19-3-2-4-19/h9-12,17-19,23H,2-8,13-16H2,1H3. The van der Waals surface area contributed by atoms with Crippen LogP contribution in [0.2, 0.25) is 0 Å². The van der Waals surface area contributed by atoms with Crippen LogP contribution in [0.1, 0.15) is 44.9 Å². The van der Waals surface area contributed by atoms with Crippen molar-refractivity contribution in [2.45, 2.75) is 66.8 Å². The molecular formula is C22H33N3O5S2. The van der Waals surface area contributed by atoms with E-state index in [1.807, 2.05) is 4.90 Å². The zero-order valence-electron chi connectivity index (χ0n) is 18.6. The minimum absolute atomic E-state index is 0.0277. The summed E-state index contributed by atoms with van der Waals surface area (Å²) in [7, 11) is -7.11. The molecule has 1 aromatic rings. The van der Waals surface area contributed by atoms with Gasteiger partial charge < -0.3 is 4.90 Å². The maximum Gasteiger partial charge on any atom is 0.240 e. The Hall–Kier alpha value is -1.49. The van der Waals surface area contributed by atoms with Gasteiger partial charge in [0, 0.05) is 50.4 Å². The number of carbonyl (C=O) groups excluding carboxylic acids is 1. The molecule has 1 heterocycles. The van der Waals surface area contributed by atoms with E-state index in [0.717, 1.165) is 38.5 Å². The molecule has 3 aliphatic rings. The predicted molar refractivity (Wildman–Crippen MR) is 121 cm³/mol. The van der Waals surface area contributed by atoms with E-state index in [-0.39, 0.29) is 27.7 Å². The van der Waals surface area contributed by atoms with Gasteiger partial charge in [0.15, 0.2) is 9.84 Å². The largest absolute Gasteiger partial charge is 0.340 e. The number of benzene rings is 1. The first-order valence-corrected chi connectivity index (χ1v) is 14.9. The van der Waals surface area contributed by atoms with Crippen molar-refractivity contribution < 1.29 is 21.6 Å². The van der Waals surface area contributed by atoms with Crippen LogP contribution in [-0.4, -0.2) is 77.1 Å². The normalized spacial score (nSPS) is 26.0. The summed E-state index contributed by atoms with van der Waals surface area (Å²) in [5.41, 5.74) is 0. The number of nitrogens with zero attached hydrogens (tertiary/aromatic N) is 2. The minimum Gasteiger partial charge on any atom is -0.340 e. The molecule has 0 radical (unpaired) electrons. The van der Waals surface area contributed by atoms with Crippen molar-refractivity contribution in [3.8, 4) is 0 Å². The molecule has 1 aromatic carbocycles. The summed E-state index contributed by atoms with van der Waals surface area (Å²) in [6.45, 7) is 3.52. The average Bonchev–Trinajstić information content (AvgIpc) is 2.72. The zero-order valence-corrected chi connectivity index (χ0v) is 20.2. The predicted octanol–water partition coefficient (Wildman–Crippen LogP) is 1.62. The Kier molecular flexibility index (Phi) is 6.95. The van der Waals surface area contributed by atoms with Gasteiger partial charge in [0.25, 0.3) is 0 Å². The van der Waals surface area contributed by atoms with Crippen molar-refractivity contribution in [2.24, 2.45) is 5.92 Å². The highest BCUT2D eigenvalue weighted by atomic mass is 32.2. The van der Waals surface area contributed by atoms with Gasteiger partial charge in [-0.15, -0.1) is 0 Å². The first-order chi connectivity index (χ1) is 15.1. The molecule has 0 aromatic heterocycles. The molecule has 0 bridgehead atoms. The second-order valence-electron chi connectivity index (χ2n) is 9.36. The van der Waals surface area contributed by atoms with E-state index >= 15 is 0 Å². The van der Waals surface area contributed by atoms with Gasteiger partial charge in [0.05, 0.1) is 9.79 Å². The number of nitrogens with one attached hydrogen (secondary N) is 1.